The maximum absolute atomic E-state index is 12.3. The zero-order chi connectivity index (χ0) is 15.5. The summed E-state index contributed by atoms with van der Waals surface area (Å²) >= 11 is 0. The minimum Gasteiger partial charge on any atom is -0.390 e. The van der Waals surface area contributed by atoms with E-state index in [0.717, 1.165) is 5.56 Å². The van der Waals surface area contributed by atoms with Crippen molar-refractivity contribution in [3.63, 3.8) is 0 Å². The third-order valence-electron chi connectivity index (χ3n) is 3.71. The lowest BCUT2D eigenvalue weighted by molar-refractivity contribution is -0.134. The second-order valence-corrected chi connectivity index (χ2v) is 7.41. The van der Waals surface area contributed by atoms with Crippen LogP contribution in [0.4, 0.5) is 0 Å². The van der Waals surface area contributed by atoms with Crippen LogP contribution < -0.4 is 0 Å². The Morgan fingerprint density at radius 1 is 1.48 bits per heavy atom. The molecule has 0 radical (unpaired) electrons. The first-order chi connectivity index (χ1) is 9.93. The number of carbonyl (C=O) groups is 1. The Morgan fingerprint density at radius 3 is 2.76 bits per heavy atom. The van der Waals surface area contributed by atoms with Crippen molar-refractivity contribution in [2.45, 2.75) is 31.9 Å². The highest BCUT2D eigenvalue weighted by Crippen LogP contribution is 2.19. The molecule has 2 rings (SSSR count). The normalized spacial score (nSPS) is 23.9. The van der Waals surface area contributed by atoms with Gasteiger partial charge >= 0.3 is 0 Å². The third kappa shape index (κ3) is 4.01. The van der Waals surface area contributed by atoms with Crippen molar-refractivity contribution in [3.8, 4) is 0 Å². The molecule has 1 N–H and O–H groups in total. The molecule has 116 valence electrons. The lowest BCUT2D eigenvalue weighted by Gasteiger charge is -2.29. The molecular formula is C14H20N2O4S. The molecule has 1 aromatic heterocycles. The molecule has 7 heteroatoms. The Labute approximate surface area is 124 Å². The van der Waals surface area contributed by atoms with Gasteiger partial charge < -0.3 is 10.0 Å². The fourth-order valence-corrected chi connectivity index (χ4v) is 4.45. The number of likely N-dealkylation sites (N-methyl/N-ethyl adjacent to an activating group) is 1. The number of rotatable bonds is 5. The molecule has 0 aliphatic carbocycles. The molecule has 2 atom stereocenters. The van der Waals surface area contributed by atoms with Gasteiger partial charge in [0.05, 0.1) is 23.7 Å². The highest BCUT2D eigenvalue weighted by molar-refractivity contribution is 7.91. The molecule has 2 heterocycles. The van der Waals surface area contributed by atoms with Gasteiger partial charge in [0.1, 0.15) is 0 Å². The number of pyridine rings is 1. The predicted octanol–water partition coefficient (Wildman–Crippen LogP) is 0.0206. The van der Waals surface area contributed by atoms with Crippen LogP contribution in [0.3, 0.4) is 0 Å². The first-order valence-corrected chi connectivity index (χ1v) is 8.82. The molecule has 0 spiro atoms. The standard InChI is InChI=1S/C14H20N2O4S/c1-2-16(12-9-21(19,20)10-13(12)17)14(18)6-5-11-4-3-7-15-8-11/h3-4,7-8,12-13,17H,2,5-6,9-10H2,1H3/t12-,13-/m0/s1. The van der Waals surface area contributed by atoms with E-state index in [1.54, 1.807) is 19.3 Å². The number of sulfone groups is 1. The Morgan fingerprint density at radius 2 is 2.24 bits per heavy atom. The average Bonchev–Trinajstić information content (AvgIpc) is 2.72. The highest BCUT2D eigenvalue weighted by Gasteiger charge is 2.40. The van der Waals surface area contributed by atoms with Crippen molar-refractivity contribution in [3.05, 3.63) is 30.1 Å². The van der Waals surface area contributed by atoms with Crippen LogP contribution in [-0.4, -0.2) is 59.5 Å². The maximum atomic E-state index is 12.3. The van der Waals surface area contributed by atoms with Gasteiger partial charge in [0, 0.05) is 25.4 Å². The number of hydrogen-bond acceptors (Lipinski definition) is 5. The highest BCUT2D eigenvalue weighted by atomic mass is 32.2. The summed E-state index contributed by atoms with van der Waals surface area (Å²) in [6.45, 7) is 2.18. The monoisotopic (exact) mass is 312 g/mol. The van der Waals surface area contributed by atoms with Gasteiger partial charge in [0.15, 0.2) is 9.84 Å². The minimum absolute atomic E-state index is 0.137. The van der Waals surface area contributed by atoms with Crippen LogP contribution in [0.25, 0.3) is 0 Å². The van der Waals surface area contributed by atoms with Gasteiger partial charge in [-0.05, 0) is 25.0 Å². The molecule has 1 fully saturated rings. The van der Waals surface area contributed by atoms with E-state index in [-0.39, 0.29) is 23.8 Å². The average molecular weight is 312 g/mol. The molecule has 0 saturated carbocycles. The Balaban J connectivity index is 1.99. The second-order valence-electron chi connectivity index (χ2n) is 5.25. The Hall–Kier alpha value is -1.47. The predicted molar refractivity (Wildman–Crippen MR) is 78.4 cm³/mol. The van der Waals surface area contributed by atoms with Gasteiger partial charge in [-0.15, -0.1) is 0 Å². The van der Waals surface area contributed by atoms with Crippen molar-refractivity contribution in [2.24, 2.45) is 0 Å². The van der Waals surface area contributed by atoms with Crippen molar-refractivity contribution in [1.29, 1.82) is 0 Å². The molecule has 0 bridgehead atoms. The van der Waals surface area contributed by atoms with Crippen LogP contribution in [0.5, 0.6) is 0 Å². The van der Waals surface area contributed by atoms with Gasteiger partial charge in [-0.3, -0.25) is 9.78 Å². The number of carbonyl (C=O) groups excluding carboxylic acids is 1. The minimum atomic E-state index is -3.25. The molecule has 1 aliphatic heterocycles. The number of hydrogen-bond donors (Lipinski definition) is 1. The van der Waals surface area contributed by atoms with Gasteiger partial charge in [-0.1, -0.05) is 6.07 Å². The summed E-state index contributed by atoms with van der Waals surface area (Å²) < 4.78 is 23.1. The third-order valence-corrected chi connectivity index (χ3v) is 5.40. The van der Waals surface area contributed by atoms with E-state index < -0.39 is 22.0 Å². The van der Waals surface area contributed by atoms with Crippen LogP contribution in [0, 0.1) is 0 Å². The second kappa shape index (κ2) is 6.53. The summed E-state index contributed by atoms with van der Waals surface area (Å²) in [4.78, 5) is 17.8. The first kappa shape index (κ1) is 15.9. The van der Waals surface area contributed by atoms with E-state index in [4.69, 9.17) is 0 Å². The van der Waals surface area contributed by atoms with Gasteiger partial charge in [-0.25, -0.2) is 8.42 Å². The van der Waals surface area contributed by atoms with Crippen LogP contribution in [0.15, 0.2) is 24.5 Å². The van der Waals surface area contributed by atoms with Crippen LogP contribution in [-0.2, 0) is 21.1 Å². The number of aliphatic hydroxyl groups excluding tert-OH is 1. The van der Waals surface area contributed by atoms with Gasteiger partial charge in [-0.2, -0.15) is 0 Å². The number of aromatic nitrogens is 1. The smallest absolute Gasteiger partial charge is 0.223 e. The fourth-order valence-electron chi connectivity index (χ4n) is 2.64. The zero-order valence-electron chi connectivity index (χ0n) is 12.0. The van der Waals surface area contributed by atoms with Crippen LogP contribution in [0.2, 0.25) is 0 Å². The molecule has 1 saturated heterocycles. The summed E-state index contributed by atoms with van der Waals surface area (Å²) in [5.41, 5.74) is 0.960. The quantitative estimate of drug-likeness (QED) is 0.828. The Bertz CT molecular complexity index is 588. The maximum Gasteiger partial charge on any atom is 0.223 e. The molecule has 21 heavy (non-hydrogen) atoms. The van der Waals surface area contributed by atoms with E-state index in [2.05, 4.69) is 4.98 Å². The summed E-state index contributed by atoms with van der Waals surface area (Å²) in [5, 5.41) is 9.88. The lowest BCUT2D eigenvalue weighted by Crippen LogP contribution is -2.46. The van der Waals surface area contributed by atoms with Crippen molar-refractivity contribution in [2.75, 3.05) is 18.1 Å². The van der Waals surface area contributed by atoms with E-state index in [1.807, 2.05) is 12.1 Å². The number of nitrogens with zero attached hydrogens (tertiary/aromatic N) is 2. The van der Waals surface area contributed by atoms with E-state index in [0.29, 0.717) is 13.0 Å². The van der Waals surface area contributed by atoms with E-state index in [9.17, 15) is 18.3 Å². The molecule has 1 aromatic rings. The number of amides is 1. The summed E-state index contributed by atoms with van der Waals surface area (Å²) in [6, 6.07) is 3.08. The molecular weight excluding hydrogens is 292 g/mol. The zero-order valence-corrected chi connectivity index (χ0v) is 12.8. The molecule has 0 unspecified atom stereocenters. The molecule has 1 aliphatic rings. The molecule has 6 nitrogen and oxygen atoms in total. The Kier molecular flexibility index (Phi) is 4.95. The largest absolute Gasteiger partial charge is 0.390 e. The fraction of sp³-hybridized carbons (Fsp3) is 0.571. The summed E-state index contributed by atoms with van der Waals surface area (Å²) in [5.74, 6) is -0.549. The van der Waals surface area contributed by atoms with E-state index >= 15 is 0 Å². The summed E-state index contributed by atoms with van der Waals surface area (Å²) in [7, 11) is -3.25. The molecule has 0 aromatic carbocycles. The van der Waals surface area contributed by atoms with Gasteiger partial charge in [0.25, 0.3) is 0 Å². The topological polar surface area (TPSA) is 87.6 Å². The lowest BCUT2D eigenvalue weighted by atomic mass is 10.1. The van der Waals surface area contributed by atoms with Gasteiger partial charge in [0.2, 0.25) is 5.91 Å². The number of aliphatic hydroxyl groups is 1. The molecule has 1 amide bonds. The summed E-state index contributed by atoms with van der Waals surface area (Å²) in [6.07, 6.45) is 3.22. The number of aryl methyl sites for hydroxylation is 1. The van der Waals surface area contributed by atoms with E-state index in [1.165, 1.54) is 4.90 Å². The first-order valence-electron chi connectivity index (χ1n) is 7.00. The van der Waals surface area contributed by atoms with Crippen molar-refractivity contribution in [1.82, 2.24) is 9.88 Å². The van der Waals surface area contributed by atoms with Crippen LogP contribution in [0.1, 0.15) is 18.9 Å². The van der Waals surface area contributed by atoms with Crippen LogP contribution >= 0.6 is 0 Å². The SMILES string of the molecule is CCN(C(=O)CCc1cccnc1)[C@H]1CS(=O)(=O)C[C@@H]1O. The van der Waals surface area contributed by atoms with Crippen molar-refractivity contribution >= 4 is 15.7 Å². The van der Waals surface area contributed by atoms with Crippen molar-refractivity contribution < 1.29 is 18.3 Å².